The van der Waals surface area contributed by atoms with E-state index in [-0.39, 0.29) is 28.8 Å². The summed E-state index contributed by atoms with van der Waals surface area (Å²) >= 11 is 0. The summed E-state index contributed by atoms with van der Waals surface area (Å²) in [5.74, 6) is -0.0754. The number of hydrogen-bond donors (Lipinski definition) is 2. The molecule has 0 bridgehead atoms. The number of ether oxygens (including phenoxy) is 1. The molecule has 2 aliphatic heterocycles. The summed E-state index contributed by atoms with van der Waals surface area (Å²) in [5, 5.41) is 4.18. The molecule has 2 heterocycles. The second-order valence-corrected chi connectivity index (χ2v) is 10.7. The highest BCUT2D eigenvalue weighted by atomic mass is 32.2. The predicted molar refractivity (Wildman–Crippen MR) is 130 cm³/mol. The summed E-state index contributed by atoms with van der Waals surface area (Å²) in [6.45, 7) is 4.33. The number of likely N-dealkylation sites (tertiary alicyclic amines) is 1. The molecule has 0 radical (unpaired) electrons. The molecule has 0 aliphatic carbocycles. The highest BCUT2D eigenvalue weighted by molar-refractivity contribution is 7.89. The average Bonchev–Trinajstić information content (AvgIpc) is 2.84. The van der Waals surface area contributed by atoms with E-state index in [2.05, 4.69) is 10.0 Å². The van der Waals surface area contributed by atoms with Gasteiger partial charge in [-0.1, -0.05) is 31.2 Å². The molecule has 4 rings (SSSR count). The van der Waals surface area contributed by atoms with E-state index in [0.29, 0.717) is 61.9 Å². The molecule has 0 saturated carbocycles. The van der Waals surface area contributed by atoms with Gasteiger partial charge in [0.25, 0.3) is 5.91 Å². The van der Waals surface area contributed by atoms with Crippen molar-refractivity contribution in [1.29, 1.82) is 0 Å². The number of nitrogens with zero attached hydrogens (tertiary/aromatic N) is 1. The SMILES string of the molecule is CCCC(=O)N1CCC(NS(=O)(=O)c2ccc(C(=O)NC3CCOCC3)c3ccccc23)CC1. The van der Waals surface area contributed by atoms with Crippen LogP contribution in [0, 0.1) is 0 Å². The number of benzene rings is 2. The largest absolute Gasteiger partial charge is 0.381 e. The van der Waals surface area contributed by atoms with Crippen LogP contribution < -0.4 is 10.0 Å². The van der Waals surface area contributed by atoms with Gasteiger partial charge >= 0.3 is 0 Å². The number of rotatable bonds is 7. The third-order valence-electron chi connectivity index (χ3n) is 6.61. The molecule has 2 saturated heterocycles. The lowest BCUT2D eigenvalue weighted by Crippen LogP contribution is -2.46. The topological polar surface area (TPSA) is 105 Å². The molecule has 8 nitrogen and oxygen atoms in total. The summed E-state index contributed by atoms with van der Waals surface area (Å²) in [7, 11) is -3.81. The molecular weight excluding hydrogens is 454 g/mol. The van der Waals surface area contributed by atoms with Gasteiger partial charge in [0.1, 0.15) is 0 Å². The first-order valence-electron chi connectivity index (χ1n) is 12.1. The van der Waals surface area contributed by atoms with E-state index in [9.17, 15) is 18.0 Å². The molecule has 0 spiro atoms. The quantitative estimate of drug-likeness (QED) is 0.625. The van der Waals surface area contributed by atoms with Crippen molar-refractivity contribution >= 4 is 32.6 Å². The highest BCUT2D eigenvalue weighted by Gasteiger charge is 2.28. The maximum absolute atomic E-state index is 13.3. The average molecular weight is 488 g/mol. The highest BCUT2D eigenvalue weighted by Crippen LogP contribution is 2.27. The van der Waals surface area contributed by atoms with Crippen molar-refractivity contribution in [2.75, 3.05) is 26.3 Å². The van der Waals surface area contributed by atoms with Crippen molar-refractivity contribution in [1.82, 2.24) is 14.9 Å². The second kappa shape index (κ2) is 10.8. The molecule has 2 aliphatic rings. The lowest BCUT2D eigenvalue weighted by molar-refractivity contribution is -0.132. The van der Waals surface area contributed by atoms with Gasteiger partial charge in [0.15, 0.2) is 0 Å². The molecule has 2 fully saturated rings. The Morgan fingerprint density at radius 1 is 0.971 bits per heavy atom. The molecule has 9 heteroatoms. The van der Waals surface area contributed by atoms with Gasteiger partial charge in [-0.2, -0.15) is 0 Å². The predicted octanol–water partition coefficient (Wildman–Crippen LogP) is 2.82. The van der Waals surface area contributed by atoms with Crippen molar-refractivity contribution < 1.29 is 22.7 Å². The van der Waals surface area contributed by atoms with Crippen molar-refractivity contribution in [2.45, 2.75) is 62.4 Å². The minimum absolute atomic E-state index is 0.0557. The first-order valence-corrected chi connectivity index (χ1v) is 13.6. The molecule has 0 atom stereocenters. The fourth-order valence-electron chi connectivity index (χ4n) is 4.71. The van der Waals surface area contributed by atoms with Crippen molar-refractivity contribution in [3.8, 4) is 0 Å². The van der Waals surface area contributed by atoms with E-state index in [1.54, 1.807) is 30.3 Å². The van der Waals surface area contributed by atoms with E-state index in [0.717, 1.165) is 19.3 Å². The number of hydrogen-bond acceptors (Lipinski definition) is 5. The minimum atomic E-state index is -3.81. The maximum Gasteiger partial charge on any atom is 0.252 e. The maximum atomic E-state index is 13.3. The van der Waals surface area contributed by atoms with Crippen LogP contribution >= 0.6 is 0 Å². The zero-order valence-corrected chi connectivity index (χ0v) is 20.4. The van der Waals surface area contributed by atoms with Crippen LogP contribution in [-0.4, -0.2) is 63.5 Å². The Morgan fingerprint density at radius 3 is 2.32 bits per heavy atom. The van der Waals surface area contributed by atoms with Crippen LogP contribution in [0.5, 0.6) is 0 Å². The van der Waals surface area contributed by atoms with Gasteiger partial charge in [0.05, 0.1) is 4.90 Å². The Morgan fingerprint density at radius 2 is 1.65 bits per heavy atom. The molecular formula is C25H33N3O5S. The van der Waals surface area contributed by atoms with E-state index >= 15 is 0 Å². The molecule has 2 N–H and O–H groups in total. The number of fused-ring (bicyclic) bond motifs is 1. The lowest BCUT2D eigenvalue weighted by atomic mass is 10.0. The van der Waals surface area contributed by atoms with E-state index in [1.165, 1.54) is 6.07 Å². The minimum Gasteiger partial charge on any atom is -0.381 e. The van der Waals surface area contributed by atoms with Gasteiger partial charge in [-0.3, -0.25) is 9.59 Å². The van der Waals surface area contributed by atoms with Crippen LogP contribution in [0.1, 0.15) is 55.8 Å². The van der Waals surface area contributed by atoms with E-state index in [4.69, 9.17) is 4.74 Å². The molecule has 2 aromatic carbocycles. The Labute approximate surface area is 201 Å². The zero-order chi connectivity index (χ0) is 24.1. The Hall–Kier alpha value is -2.49. The number of carbonyl (C=O) groups is 2. The fraction of sp³-hybridized carbons (Fsp3) is 0.520. The van der Waals surface area contributed by atoms with Crippen LogP contribution in [0.2, 0.25) is 0 Å². The summed E-state index contributed by atoms with van der Waals surface area (Å²) < 4.78 is 34.8. The summed E-state index contributed by atoms with van der Waals surface area (Å²) in [6.07, 6.45) is 4.03. The third kappa shape index (κ3) is 5.59. The van der Waals surface area contributed by atoms with Gasteiger partial charge in [-0.15, -0.1) is 0 Å². The standard InChI is InChI=1S/C25H33N3O5S/c1-2-5-24(29)28-14-10-19(11-15-28)27-34(31,32)23-9-8-22(20-6-3-4-7-21(20)23)25(30)26-18-12-16-33-17-13-18/h3-4,6-9,18-19,27H,2,5,10-17H2,1H3,(H,26,30). The Kier molecular flexibility index (Phi) is 7.85. The van der Waals surface area contributed by atoms with Gasteiger partial charge in [0.2, 0.25) is 15.9 Å². The molecule has 2 amide bonds. The Bertz CT molecular complexity index is 1140. The molecule has 0 aromatic heterocycles. The second-order valence-electron chi connectivity index (χ2n) is 9.04. The number of carbonyl (C=O) groups excluding carboxylic acids is 2. The molecule has 2 aromatic rings. The molecule has 184 valence electrons. The first-order chi connectivity index (χ1) is 16.4. The van der Waals surface area contributed by atoms with E-state index in [1.807, 2.05) is 11.8 Å². The van der Waals surface area contributed by atoms with Crippen molar-refractivity contribution in [3.63, 3.8) is 0 Å². The molecule has 0 unspecified atom stereocenters. The zero-order valence-electron chi connectivity index (χ0n) is 19.6. The third-order valence-corrected chi connectivity index (χ3v) is 8.19. The smallest absolute Gasteiger partial charge is 0.252 e. The van der Waals surface area contributed by atoms with Crippen molar-refractivity contribution in [3.05, 3.63) is 42.0 Å². The van der Waals surface area contributed by atoms with E-state index < -0.39 is 10.0 Å². The number of nitrogens with one attached hydrogen (secondary N) is 2. The lowest BCUT2D eigenvalue weighted by Gasteiger charge is -2.32. The monoisotopic (exact) mass is 487 g/mol. The van der Waals surface area contributed by atoms with Crippen LogP contribution in [0.25, 0.3) is 10.8 Å². The number of amides is 2. The number of piperidine rings is 1. The summed E-state index contributed by atoms with van der Waals surface area (Å²) in [6, 6.07) is 10.0. The first kappa shape index (κ1) is 24.6. The van der Waals surface area contributed by atoms with Crippen LogP contribution in [0.3, 0.4) is 0 Å². The van der Waals surface area contributed by atoms with Gasteiger partial charge in [-0.25, -0.2) is 13.1 Å². The normalized spacial score (nSPS) is 18.2. The Balaban J connectivity index is 1.51. The molecule has 34 heavy (non-hydrogen) atoms. The van der Waals surface area contributed by atoms with Gasteiger partial charge < -0.3 is 15.0 Å². The van der Waals surface area contributed by atoms with Crippen molar-refractivity contribution in [2.24, 2.45) is 0 Å². The van der Waals surface area contributed by atoms with Crippen LogP contribution in [0.15, 0.2) is 41.3 Å². The summed E-state index contributed by atoms with van der Waals surface area (Å²) in [4.78, 5) is 27.1. The van der Waals surface area contributed by atoms with Gasteiger partial charge in [0, 0.05) is 55.8 Å². The van der Waals surface area contributed by atoms with Gasteiger partial charge in [-0.05, 0) is 49.6 Å². The number of sulfonamides is 1. The summed E-state index contributed by atoms with van der Waals surface area (Å²) in [5.41, 5.74) is 0.462. The van der Waals surface area contributed by atoms with Crippen LogP contribution in [0.4, 0.5) is 0 Å². The van der Waals surface area contributed by atoms with Crippen LogP contribution in [-0.2, 0) is 19.6 Å². The fourth-order valence-corrected chi connectivity index (χ4v) is 6.23.